The lowest BCUT2D eigenvalue weighted by molar-refractivity contribution is 0.645. The van der Waals surface area contributed by atoms with Gasteiger partial charge in [-0.05, 0) is 30.2 Å². The minimum atomic E-state index is 0.806. The first kappa shape index (κ1) is 12.3. The van der Waals surface area contributed by atoms with Crippen LogP contribution in [0.3, 0.4) is 0 Å². The molecule has 6 nitrogen and oxygen atoms in total. The number of hydrogen-bond acceptors (Lipinski definition) is 5. The molecule has 0 saturated carbocycles. The van der Waals surface area contributed by atoms with Crippen molar-refractivity contribution in [2.24, 2.45) is 7.05 Å². The van der Waals surface area contributed by atoms with E-state index >= 15 is 0 Å². The molecule has 3 heterocycles. The Hall–Kier alpha value is -2.47. The van der Waals surface area contributed by atoms with Crippen molar-refractivity contribution in [2.75, 3.05) is 11.9 Å². The third-order valence-electron chi connectivity index (χ3n) is 3.92. The van der Waals surface area contributed by atoms with Crippen molar-refractivity contribution in [2.45, 2.75) is 13.0 Å². The summed E-state index contributed by atoms with van der Waals surface area (Å²) in [6, 6.07) is 6.36. The minimum absolute atomic E-state index is 0.806. The molecular weight excluding hydrogens is 264 g/mol. The molecule has 6 heteroatoms. The molecule has 0 aliphatic carbocycles. The van der Waals surface area contributed by atoms with Gasteiger partial charge in [0.05, 0.1) is 11.6 Å². The van der Waals surface area contributed by atoms with Crippen LogP contribution in [0, 0.1) is 0 Å². The Morgan fingerprint density at radius 1 is 1.29 bits per heavy atom. The van der Waals surface area contributed by atoms with E-state index in [4.69, 9.17) is 0 Å². The van der Waals surface area contributed by atoms with E-state index in [1.54, 1.807) is 17.2 Å². The molecule has 1 aliphatic rings. The molecule has 106 valence electrons. The normalized spacial score (nSPS) is 14.1. The molecule has 2 N–H and O–H groups in total. The van der Waals surface area contributed by atoms with Gasteiger partial charge in [-0.25, -0.2) is 9.97 Å². The Balaban J connectivity index is 1.78. The molecular formula is C15H16N6. The number of fused-ring (bicyclic) bond motifs is 2. The summed E-state index contributed by atoms with van der Waals surface area (Å²) in [7, 11) is 1.88. The summed E-state index contributed by atoms with van der Waals surface area (Å²) in [6.07, 6.45) is 4.40. The van der Waals surface area contributed by atoms with E-state index < -0.39 is 0 Å². The molecule has 1 aliphatic heterocycles. The Morgan fingerprint density at radius 3 is 3.19 bits per heavy atom. The Bertz CT molecular complexity index is 807. The second-order valence-corrected chi connectivity index (χ2v) is 5.22. The van der Waals surface area contributed by atoms with Crippen molar-refractivity contribution in [3.63, 3.8) is 0 Å². The van der Waals surface area contributed by atoms with Crippen molar-refractivity contribution in [3.8, 4) is 0 Å². The number of anilines is 2. The summed E-state index contributed by atoms with van der Waals surface area (Å²) in [4.78, 5) is 8.64. The molecule has 0 amide bonds. The average molecular weight is 280 g/mol. The fraction of sp³-hybridized carbons (Fsp3) is 0.267. The zero-order chi connectivity index (χ0) is 14.2. The van der Waals surface area contributed by atoms with Crippen LogP contribution in [0.4, 0.5) is 11.5 Å². The topological polar surface area (TPSA) is 67.7 Å². The number of hydrogen-bond donors (Lipinski definition) is 2. The molecule has 3 aromatic rings. The molecule has 0 radical (unpaired) electrons. The van der Waals surface area contributed by atoms with E-state index in [2.05, 4.69) is 43.9 Å². The van der Waals surface area contributed by atoms with Gasteiger partial charge < -0.3 is 10.6 Å². The Morgan fingerprint density at radius 2 is 2.24 bits per heavy atom. The fourth-order valence-corrected chi connectivity index (χ4v) is 2.84. The highest BCUT2D eigenvalue weighted by molar-refractivity contribution is 5.88. The summed E-state index contributed by atoms with van der Waals surface area (Å²) < 4.78 is 1.76. The van der Waals surface area contributed by atoms with Crippen molar-refractivity contribution in [3.05, 3.63) is 41.9 Å². The van der Waals surface area contributed by atoms with Gasteiger partial charge in [-0.2, -0.15) is 5.10 Å². The number of nitrogens with one attached hydrogen (secondary N) is 2. The highest BCUT2D eigenvalue weighted by Gasteiger charge is 2.14. The van der Waals surface area contributed by atoms with Gasteiger partial charge in [0.15, 0.2) is 5.65 Å². The Kier molecular flexibility index (Phi) is 2.82. The molecule has 0 saturated heterocycles. The summed E-state index contributed by atoms with van der Waals surface area (Å²) in [6.45, 7) is 1.94. The lowest BCUT2D eigenvalue weighted by Gasteiger charge is -2.20. The fourth-order valence-electron chi connectivity index (χ4n) is 2.84. The monoisotopic (exact) mass is 280 g/mol. The smallest absolute Gasteiger partial charge is 0.163 e. The average Bonchev–Trinajstić information content (AvgIpc) is 2.90. The van der Waals surface area contributed by atoms with E-state index in [1.165, 1.54) is 11.1 Å². The maximum Gasteiger partial charge on any atom is 0.163 e. The lowest BCUT2D eigenvalue weighted by Crippen LogP contribution is -2.24. The summed E-state index contributed by atoms with van der Waals surface area (Å²) in [5, 5.41) is 12.0. The van der Waals surface area contributed by atoms with Gasteiger partial charge in [0, 0.05) is 19.3 Å². The first-order valence-corrected chi connectivity index (χ1v) is 7.04. The molecule has 1 aromatic carbocycles. The quantitative estimate of drug-likeness (QED) is 0.748. The van der Waals surface area contributed by atoms with Crippen molar-refractivity contribution >= 4 is 22.5 Å². The van der Waals surface area contributed by atoms with E-state index in [1.807, 2.05) is 7.05 Å². The maximum atomic E-state index is 4.37. The van der Waals surface area contributed by atoms with Gasteiger partial charge in [-0.1, -0.05) is 12.1 Å². The van der Waals surface area contributed by atoms with Crippen LogP contribution in [0.15, 0.2) is 30.7 Å². The first-order chi connectivity index (χ1) is 10.3. The van der Waals surface area contributed by atoms with Crippen molar-refractivity contribution in [1.82, 2.24) is 25.1 Å². The van der Waals surface area contributed by atoms with Crippen LogP contribution in [0.2, 0.25) is 0 Å². The second kappa shape index (κ2) is 4.82. The maximum absolute atomic E-state index is 4.37. The summed E-state index contributed by atoms with van der Waals surface area (Å²) in [5.74, 6) is 0.806. The van der Waals surface area contributed by atoms with Crippen LogP contribution in [0.1, 0.15) is 11.1 Å². The number of nitrogens with zero attached hydrogens (tertiary/aromatic N) is 4. The number of benzene rings is 1. The predicted molar refractivity (Wildman–Crippen MR) is 81.4 cm³/mol. The van der Waals surface area contributed by atoms with Gasteiger partial charge in [-0.3, -0.25) is 4.68 Å². The Labute approximate surface area is 122 Å². The molecule has 0 atom stereocenters. The third kappa shape index (κ3) is 2.04. The number of rotatable bonds is 2. The van der Waals surface area contributed by atoms with Gasteiger partial charge in [0.2, 0.25) is 0 Å². The van der Waals surface area contributed by atoms with Crippen LogP contribution < -0.4 is 10.6 Å². The van der Waals surface area contributed by atoms with Crippen LogP contribution in [-0.2, 0) is 20.0 Å². The molecule has 0 fully saturated rings. The molecule has 4 rings (SSSR count). The van der Waals surface area contributed by atoms with E-state index in [9.17, 15) is 0 Å². The summed E-state index contributed by atoms with van der Waals surface area (Å²) >= 11 is 0. The zero-order valence-electron chi connectivity index (χ0n) is 11.8. The number of aryl methyl sites for hydroxylation is 1. The summed E-state index contributed by atoms with van der Waals surface area (Å²) in [5.41, 5.74) is 4.67. The van der Waals surface area contributed by atoms with E-state index in [0.29, 0.717) is 0 Å². The zero-order valence-corrected chi connectivity index (χ0v) is 11.8. The third-order valence-corrected chi connectivity index (χ3v) is 3.92. The van der Waals surface area contributed by atoms with E-state index in [0.717, 1.165) is 42.0 Å². The van der Waals surface area contributed by atoms with Crippen molar-refractivity contribution < 1.29 is 0 Å². The largest absolute Gasteiger partial charge is 0.339 e. The van der Waals surface area contributed by atoms with Gasteiger partial charge in [0.1, 0.15) is 12.1 Å². The van der Waals surface area contributed by atoms with Gasteiger partial charge in [-0.15, -0.1) is 0 Å². The lowest BCUT2D eigenvalue weighted by atomic mass is 9.99. The standard InChI is InChI=1S/C15H16N6/c1-21-15-12(8-19-21)14(17-9-18-15)20-13-4-2-3-10-7-16-6-5-11(10)13/h2-4,8-9,16H,5-7H2,1H3,(H,17,18,20). The van der Waals surface area contributed by atoms with Crippen LogP contribution in [0.5, 0.6) is 0 Å². The molecule has 0 unspecified atom stereocenters. The molecule has 0 bridgehead atoms. The number of aromatic nitrogens is 4. The highest BCUT2D eigenvalue weighted by atomic mass is 15.3. The first-order valence-electron chi connectivity index (χ1n) is 7.04. The van der Waals surface area contributed by atoms with Gasteiger partial charge in [0.25, 0.3) is 0 Å². The molecule has 0 spiro atoms. The highest BCUT2D eigenvalue weighted by Crippen LogP contribution is 2.28. The van der Waals surface area contributed by atoms with E-state index in [-0.39, 0.29) is 0 Å². The van der Waals surface area contributed by atoms with Crippen molar-refractivity contribution in [1.29, 1.82) is 0 Å². The predicted octanol–water partition coefficient (Wildman–Crippen LogP) is 1.75. The van der Waals surface area contributed by atoms with Crippen LogP contribution in [-0.4, -0.2) is 26.3 Å². The molecule has 2 aromatic heterocycles. The minimum Gasteiger partial charge on any atom is -0.339 e. The van der Waals surface area contributed by atoms with Gasteiger partial charge >= 0.3 is 0 Å². The van der Waals surface area contributed by atoms with Crippen LogP contribution >= 0.6 is 0 Å². The molecule has 21 heavy (non-hydrogen) atoms. The van der Waals surface area contributed by atoms with Crippen LogP contribution in [0.25, 0.3) is 11.0 Å². The SMILES string of the molecule is Cn1ncc2c(Nc3cccc4c3CCNC4)ncnc21. The second-order valence-electron chi connectivity index (χ2n) is 5.22.